The van der Waals surface area contributed by atoms with E-state index in [9.17, 15) is 4.79 Å². The predicted molar refractivity (Wildman–Crippen MR) is 31.1 cm³/mol. The van der Waals surface area contributed by atoms with E-state index in [2.05, 4.69) is 0 Å². The van der Waals surface area contributed by atoms with Crippen LogP contribution in [0.3, 0.4) is 0 Å². The van der Waals surface area contributed by atoms with Crippen molar-refractivity contribution in [2.45, 2.75) is 13.3 Å². The summed E-state index contributed by atoms with van der Waals surface area (Å²) in [5, 5.41) is 0. The molecule has 0 saturated heterocycles. The number of hydrogen-bond acceptors (Lipinski definition) is 1. The van der Waals surface area contributed by atoms with E-state index in [0.29, 0.717) is 0 Å². The van der Waals surface area contributed by atoms with Gasteiger partial charge in [-0.2, -0.15) is 0 Å². The highest BCUT2D eigenvalue weighted by molar-refractivity contribution is 5.84. The SMILES string of the molecule is CC1(C(N)=O)C=CC1. The van der Waals surface area contributed by atoms with Gasteiger partial charge in [-0.25, -0.2) is 0 Å². The molecule has 44 valence electrons. The van der Waals surface area contributed by atoms with Gasteiger partial charge in [0.1, 0.15) is 0 Å². The summed E-state index contributed by atoms with van der Waals surface area (Å²) in [4.78, 5) is 10.5. The highest BCUT2D eigenvalue weighted by atomic mass is 16.1. The normalized spacial score (nSPS) is 34.1. The van der Waals surface area contributed by atoms with Gasteiger partial charge in [-0.1, -0.05) is 12.2 Å². The smallest absolute Gasteiger partial charge is 0.227 e. The molecule has 0 heterocycles. The van der Waals surface area contributed by atoms with E-state index in [-0.39, 0.29) is 11.3 Å². The molecule has 0 aromatic rings. The van der Waals surface area contributed by atoms with Crippen molar-refractivity contribution in [2.24, 2.45) is 11.1 Å². The summed E-state index contributed by atoms with van der Waals surface area (Å²) in [5.41, 5.74) is 4.72. The Labute approximate surface area is 48.4 Å². The number of carbonyl (C=O) groups excluding carboxylic acids is 1. The lowest BCUT2D eigenvalue weighted by atomic mass is 9.78. The molecule has 0 aromatic carbocycles. The van der Waals surface area contributed by atoms with Crippen LogP contribution in [-0.2, 0) is 4.79 Å². The van der Waals surface area contributed by atoms with Crippen LogP contribution in [0.2, 0.25) is 0 Å². The molecule has 0 saturated carbocycles. The Morgan fingerprint density at radius 2 is 2.38 bits per heavy atom. The Hall–Kier alpha value is -0.790. The molecule has 0 fully saturated rings. The summed E-state index contributed by atoms with van der Waals surface area (Å²) in [5.74, 6) is -0.222. The van der Waals surface area contributed by atoms with Crippen molar-refractivity contribution in [3.8, 4) is 0 Å². The van der Waals surface area contributed by atoms with Gasteiger partial charge in [0.05, 0.1) is 5.41 Å². The van der Waals surface area contributed by atoms with Crippen molar-refractivity contribution >= 4 is 5.91 Å². The van der Waals surface area contributed by atoms with Crippen LogP contribution in [0.15, 0.2) is 12.2 Å². The number of primary amides is 1. The van der Waals surface area contributed by atoms with E-state index in [1.54, 1.807) is 0 Å². The van der Waals surface area contributed by atoms with Crippen LogP contribution in [0.25, 0.3) is 0 Å². The van der Waals surface area contributed by atoms with E-state index in [1.165, 1.54) is 0 Å². The highest BCUT2D eigenvalue weighted by Gasteiger charge is 2.31. The van der Waals surface area contributed by atoms with Crippen LogP contribution in [0, 0.1) is 5.41 Å². The van der Waals surface area contributed by atoms with Gasteiger partial charge in [-0.15, -0.1) is 0 Å². The molecule has 0 aromatic heterocycles. The van der Waals surface area contributed by atoms with E-state index in [0.717, 1.165) is 6.42 Å². The van der Waals surface area contributed by atoms with Gasteiger partial charge in [0.15, 0.2) is 0 Å². The third kappa shape index (κ3) is 0.529. The van der Waals surface area contributed by atoms with Crippen molar-refractivity contribution in [3.63, 3.8) is 0 Å². The fraction of sp³-hybridized carbons (Fsp3) is 0.500. The van der Waals surface area contributed by atoms with Crippen molar-refractivity contribution in [2.75, 3.05) is 0 Å². The lowest BCUT2D eigenvalue weighted by Gasteiger charge is -2.26. The molecule has 1 amide bonds. The fourth-order valence-electron chi connectivity index (χ4n) is 0.654. The first-order valence-corrected chi connectivity index (χ1v) is 2.63. The Morgan fingerprint density at radius 1 is 1.88 bits per heavy atom. The second-order valence-corrected chi connectivity index (χ2v) is 2.39. The minimum absolute atomic E-state index is 0.222. The molecular formula is C6H9NO. The lowest BCUT2D eigenvalue weighted by molar-refractivity contribution is -0.125. The zero-order chi connectivity index (χ0) is 6.20. The van der Waals surface area contributed by atoms with Crippen LogP contribution in [0.1, 0.15) is 13.3 Å². The Morgan fingerprint density at radius 3 is 2.38 bits per heavy atom. The number of carbonyl (C=O) groups is 1. The van der Waals surface area contributed by atoms with Crippen molar-refractivity contribution < 1.29 is 4.79 Å². The molecule has 0 radical (unpaired) electrons. The van der Waals surface area contributed by atoms with Gasteiger partial charge in [0.2, 0.25) is 5.91 Å². The molecular weight excluding hydrogens is 102 g/mol. The minimum atomic E-state index is -0.319. The summed E-state index contributed by atoms with van der Waals surface area (Å²) in [6.07, 6.45) is 4.60. The van der Waals surface area contributed by atoms with Crippen LogP contribution in [-0.4, -0.2) is 5.91 Å². The summed E-state index contributed by atoms with van der Waals surface area (Å²) in [7, 11) is 0. The first-order valence-electron chi connectivity index (χ1n) is 2.63. The third-order valence-corrected chi connectivity index (χ3v) is 1.59. The topological polar surface area (TPSA) is 43.1 Å². The van der Waals surface area contributed by atoms with Crippen LogP contribution in [0.4, 0.5) is 0 Å². The molecule has 0 spiro atoms. The first-order chi connectivity index (χ1) is 3.65. The highest BCUT2D eigenvalue weighted by Crippen LogP contribution is 2.31. The average molecular weight is 111 g/mol. The van der Waals surface area contributed by atoms with Crippen molar-refractivity contribution in [1.29, 1.82) is 0 Å². The van der Waals surface area contributed by atoms with Gasteiger partial charge >= 0.3 is 0 Å². The lowest BCUT2D eigenvalue weighted by Crippen LogP contribution is -2.35. The standard InChI is InChI=1S/C6H9NO/c1-6(5(7)8)3-2-4-6/h2-3H,4H2,1H3,(H2,7,8). The van der Waals surface area contributed by atoms with Crippen LogP contribution in [0.5, 0.6) is 0 Å². The van der Waals surface area contributed by atoms with Gasteiger partial charge in [0.25, 0.3) is 0 Å². The summed E-state index contributed by atoms with van der Waals surface area (Å²) < 4.78 is 0. The van der Waals surface area contributed by atoms with Gasteiger partial charge in [-0.05, 0) is 13.3 Å². The van der Waals surface area contributed by atoms with Crippen LogP contribution < -0.4 is 5.73 Å². The number of nitrogens with two attached hydrogens (primary N) is 1. The van der Waals surface area contributed by atoms with Crippen molar-refractivity contribution in [1.82, 2.24) is 0 Å². The molecule has 8 heavy (non-hydrogen) atoms. The summed E-state index contributed by atoms with van der Waals surface area (Å²) in [6, 6.07) is 0. The van der Waals surface area contributed by atoms with E-state index in [4.69, 9.17) is 5.73 Å². The summed E-state index contributed by atoms with van der Waals surface area (Å²) >= 11 is 0. The van der Waals surface area contributed by atoms with Gasteiger partial charge < -0.3 is 5.73 Å². The van der Waals surface area contributed by atoms with Crippen molar-refractivity contribution in [3.05, 3.63) is 12.2 Å². The second kappa shape index (κ2) is 1.34. The zero-order valence-corrected chi connectivity index (χ0v) is 4.85. The zero-order valence-electron chi connectivity index (χ0n) is 4.85. The average Bonchev–Trinajstić information content (AvgIpc) is 1.60. The molecule has 1 aliphatic rings. The molecule has 2 heteroatoms. The van der Waals surface area contributed by atoms with E-state index in [1.807, 2.05) is 19.1 Å². The maximum Gasteiger partial charge on any atom is 0.227 e. The predicted octanol–water partition coefficient (Wildman–Crippen LogP) is 0.438. The maximum absolute atomic E-state index is 10.5. The largest absolute Gasteiger partial charge is 0.369 e. The fourth-order valence-corrected chi connectivity index (χ4v) is 0.654. The summed E-state index contributed by atoms with van der Waals surface area (Å²) in [6.45, 7) is 1.84. The molecule has 0 aliphatic heterocycles. The molecule has 1 atom stereocenters. The number of amides is 1. The molecule has 2 N–H and O–H groups in total. The number of allylic oxidation sites excluding steroid dienone is 1. The molecule has 1 unspecified atom stereocenters. The second-order valence-electron chi connectivity index (χ2n) is 2.39. The molecule has 0 bridgehead atoms. The van der Waals surface area contributed by atoms with Crippen LogP contribution >= 0.6 is 0 Å². The molecule has 2 nitrogen and oxygen atoms in total. The van der Waals surface area contributed by atoms with E-state index >= 15 is 0 Å². The number of hydrogen-bond donors (Lipinski definition) is 1. The van der Waals surface area contributed by atoms with Gasteiger partial charge in [-0.3, -0.25) is 4.79 Å². The molecule has 1 aliphatic carbocycles. The Bertz CT molecular complexity index is 151. The quantitative estimate of drug-likeness (QED) is 0.490. The third-order valence-electron chi connectivity index (χ3n) is 1.59. The van der Waals surface area contributed by atoms with Gasteiger partial charge in [0, 0.05) is 0 Å². The number of rotatable bonds is 1. The monoisotopic (exact) mass is 111 g/mol. The maximum atomic E-state index is 10.5. The van der Waals surface area contributed by atoms with E-state index < -0.39 is 0 Å². The first kappa shape index (κ1) is 5.35. The molecule has 1 rings (SSSR count). The Balaban J connectivity index is 2.70. The Kier molecular flexibility index (Phi) is 0.897. The minimum Gasteiger partial charge on any atom is -0.369 e.